The molecule has 0 unspecified atom stereocenters. The Hall–Kier alpha value is -2.63. The topological polar surface area (TPSA) is 61.5 Å². The highest BCUT2D eigenvalue weighted by molar-refractivity contribution is 6.12. The molecule has 0 bridgehead atoms. The van der Waals surface area contributed by atoms with Crippen molar-refractivity contribution in [3.05, 3.63) is 53.1 Å². The summed E-state index contributed by atoms with van der Waals surface area (Å²) in [6.45, 7) is 0. The first-order valence-corrected chi connectivity index (χ1v) is 5.99. The lowest BCUT2D eigenvalue weighted by Gasteiger charge is -2.10. The van der Waals surface area contributed by atoms with E-state index in [1.54, 1.807) is 6.07 Å². The fourth-order valence-electron chi connectivity index (χ4n) is 1.89. The van der Waals surface area contributed by atoms with Crippen molar-refractivity contribution in [2.75, 3.05) is 20.0 Å². The molecule has 0 aliphatic carbocycles. The molecule has 0 aliphatic rings. The molecular weight excluding hydrogens is 280 g/mol. The van der Waals surface area contributed by atoms with Crippen LogP contribution in [0.5, 0.6) is 11.5 Å². The monoisotopic (exact) mass is 293 g/mol. The van der Waals surface area contributed by atoms with E-state index in [0.717, 1.165) is 12.1 Å². The van der Waals surface area contributed by atoms with Gasteiger partial charge in [-0.3, -0.25) is 4.79 Å². The van der Waals surface area contributed by atoms with Crippen LogP contribution >= 0.6 is 0 Å². The third-order valence-corrected chi connectivity index (χ3v) is 2.98. The molecule has 0 aliphatic heterocycles. The van der Waals surface area contributed by atoms with E-state index in [-0.39, 0.29) is 16.8 Å². The molecule has 2 aromatic carbocycles. The van der Waals surface area contributed by atoms with Gasteiger partial charge in [-0.25, -0.2) is 8.78 Å². The molecule has 6 heteroatoms. The molecule has 110 valence electrons. The fourth-order valence-corrected chi connectivity index (χ4v) is 1.89. The Labute approximate surface area is 120 Å². The van der Waals surface area contributed by atoms with Gasteiger partial charge in [0.15, 0.2) is 28.9 Å². The number of hydrogen-bond donors (Lipinski definition) is 1. The van der Waals surface area contributed by atoms with Crippen LogP contribution in [0.1, 0.15) is 15.9 Å². The molecule has 4 nitrogen and oxygen atoms in total. The third kappa shape index (κ3) is 2.79. The van der Waals surface area contributed by atoms with Gasteiger partial charge in [-0.1, -0.05) is 0 Å². The highest BCUT2D eigenvalue weighted by atomic mass is 19.2. The van der Waals surface area contributed by atoms with Crippen LogP contribution in [0.25, 0.3) is 0 Å². The smallest absolute Gasteiger partial charge is 0.195 e. The Balaban J connectivity index is 2.47. The number of carbonyl (C=O) groups is 1. The third-order valence-electron chi connectivity index (χ3n) is 2.98. The SMILES string of the molecule is COc1ccc(C(=O)c2cc(F)c(F)cc2N)cc1OC. The maximum atomic E-state index is 13.3. The zero-order valence-electron chi connectivity index (χ0n) is 11.4. The van der Waals surface area contributed by atoms with Crippen molar-refractivity contribution in [3.63, 3.8) is 0 Å². The van der Waals surface area contributed by atoms with Gasteiger partial charge in [0.2, 0.25) is 0 Å². The van der Waals surface area contributed by atoms with Crippen molar-refractivity contribution in [2.24, 2.45) is 0 Å². The molecule has 0 spiro atoms. The standard InChI is InChI=1S/C15H13F2NO3/c1-20-13-4-3-8(5-14(13)21-2)15(19)9-6-10(16)11(17)7-12(9)18/h3-7H,18H2,1-2H3. The molecule has 0 saturated heterocycles. The van der Waals surface area contributed by atoms with E-state index in [1.165, 1.54) is 26.4 Å². The van der Waals surface area contributed by atoms with Crippen LogP contribution < -0.4 is 15.2 Å². The van der Waals surface area contributed by atoms with Crippen LogP contribution in [-0.4, -0.2) is 20.0 Å². The van der Waals surface area contributed by atoms with Crippen LogP contribution in [0, 0.1) is 11.6 Å². The van der Waals surface area contributed by atoms with Crippen molar-refractivity contribution in [1.29, 1.82) is 0 Å². The van der Waals surface area contributed by atoms with Gasteiger partial charge in [-0.15, -0.1) is 0 Å². The number of nitrogens with two attached hydrogens (primary N) is 1. The molecule has 0 aromatic heterocycles. The van der Waals surface area contributed by atoms with Gasteiger partial charge in [0, 0.05) is 22.9 Å². The maximum absolute atomic E-state index is 13.3. The van der Waals surface area contributed by atoms with E-state index >= 15 is 0 Å². The van der Waals surface area contributed by atoms with Crippen molar-refractivity contribution in [1.82, 2.24) is 0 Å². The van der Waals surface area contributed by atoms with E-state index in [9.17, 15) is 13.6 Å². The molecule has 0 amide bonds. The first-order chi connectivity index (χ1) is 9.97. The molecule has 0 saturated carbocycles. The lowest BCUT2D eigenvalue weighted by atomic mass is 10.0. The molecule has 2 N–H and O–H groups in total. The molecule has 21 heavy (non-hydrogen) atoms. The Morgan fingerprint density at radius 3 is 2.24 bits per heavy atom. The molecule has 2 aromatic rings. The van der Waals surface area contributed by atoms with Crippen molar-refractivity contribution < 1.29 is 23.0 Å². The quantitative estimate of drug-likeness (QED) is 0.695. The minimum Gasteiger partial charge on any atom is -0.493 e. The van der Waals surface area contributed by atoms with Crippen molar-refractivity contribution >= 4 is 11.5 Å². The number of benzene rings is 2. The van der Waals surface area contributed by atoms with Crippen LogP contribution in [0.4, 0.5) is 14.5 Å². The lowest BCUT2D eigenvalue weighted by Crippen LogP contribution is -2.07. The van der Waals surface area contributed by atoms with Crippen molar-refractivity contribution in [3.8, 4) is 11.5 Å². The molecule has 0 radical (unpaired) electrons. The average molecular weight is 293 g/mol. The first-order valence-electron chi connectivity index (χ1n) is 5.99. The van der Waals surface area contributed by atoms with Crippen LogP contribution in [-0.2, 0) is 0 Å². The van der Waals surface area contributed by atoms with Gasteiger partial charge in [-0.05, 0) is 24.3 Å². The molecule has 2 rings (SSSR count). The summed E-state index contributed by atoms with van der Waals surface area (Å²) in [5.41, 5.74) is 5.56. The van der Waals surface area contributed by atoms with Gasteiger partial charge >= 0.3 is 0 Å². The molecular formula is C15H13F2NO3. The van der Waals surface area contributed by atoms with Crippen molar-refractivity contribution in [2.45, 2.75) is 0 Å². The maximum Gasteiger partial charge on any atom is 0.195 e. The zero-order chi connectivity index (χ0) is 15.6. The Kier molecular flexibility index (Phi) is 4.07. The van der Waals surface area contributed by atoms with Crippen LogP contribution in [0.2, 0.25) is 0 Å². The summed E-state index contributed by atoms with van der Waals surface area (Å²) in [6.07, 6.45) is 0. The van der Waals surface area contributed by atoms with Gasteiger partial charge in [0.1, 0.15) is 0 Å². The summed E-state index contributed by atoms with van der Waals surface area (Å²) in [5, 5.41) is 0. The Morgan fingerprint density at radius 1 is 1.00 bits per heavy atom. The number of methoxy groups -OCH3 is 2. The highest BCUT2D eigenvalue weighted by Gasteiger charge is 2.17. The number of hydrogen-bond acceptors (Lipinski definition) is 4. The summed E-state index contributed by atoms with van der Waals surface area (Å²) in [7, 11) is 2.89. The molecule has 0 fully saturated rings. The van der Waals surface area contributed by atoms with Crippen LogP contribution in [0.15, 0.2) is 30.3 Å². The Bertz CT molecular complexity index is 702. The number of halogens is 2. The fraction of sp³-hybridized carbons (Fsp3) is 0.133. The van der Waals surface area contributed by atoms with E-state index < -0.39 is 17.4 Å². The second kappa shape index (κ2) is 5.78. The van der Waals surface area contributed by atoms with Crippen LogP contribution in [0.3, 0.4) is 0 Å². The first kappa shape index (κ1) is 14.8. The normalized spacial score (nSPS) is 10.3. The summed E-state index contributed by atoms with van der Waals surface area (Å²) in [6, 6.07) is 6.04. The number of carbonyl (C=O) groups excluding carboxylic acids is 1. The molecule has 0 atom stereocenters. The summed E-state index contributed by atoms with van der Waals surface area (Å²) in [5.74, 6) is -1.96. The predicted octanol–water partition coefficient (Wildman–Crippen LogP) is 2.80. The Morgan fingerprint density at radius 2 is 1.62 bits per heavy atom. The minimum absolute atomic E-state index is 0.110. The number of rotatable bonds is 4. The summed E-state index contributed by atoms with van der Waals surface area (Å²) >= 11 is 0. The second-order valence-electron chi connectivity index (χ2n) is 4.25. The van der Waals surface area contributed by atoms with Gasteiger partial charge in [-0.2, -0.15) is 0 Å². The minimum atomic E-state index is -1.13. The van der Waals surface area contributed by atoms with Gasteiger partial charge in [0.05, 0.1) is 14.2 Å². The average Bonchev–Trinajstić information content (AvgIpc) is 2.49. The summed E-state index contributed by atoms with van der Waals surface area (Å²) < 4.78 is 36.5. The van der Waals surface area contributed by atoms with Gasteiger partial charge < -0.3 is 15.2 Å². The van der Waals surface area contributed by atoms with E-state index in [4.69, 9.17) is 15.2 Å². The number of nitrogen functional groups attached to an aromatic ring is 1. The number of anilines is 1. The van der Waals surface area contributed by atoms with Gasteiger partial charge in [0.25, 0.3) is 0 Å². The summed E-state index contributed by atoms with van der Waals surface area (Å²) in [4.78, 5) is 12.3. The number of ether oxygens (including phenoxy) is 2. The number of ketones is 1. The van der Waals surface area contributed by atoms with E-state index in [1.807, 2.05) is 0 Å². The highest BCUT2D eigenvalue weighted by Crippen LogP contribution is 2.29. The largest absolute Gasteiger partial charge is 0.493 e. The second-order valence-corrected chi connectivity index (χ2v) is 4.25. The lowest BCUT2D eigenvalue weighted by molar-refractivity contribution is 0.103. The predicted molar refractivity (Wildman–Crippen MR) is 73.7 cm³/mol. The van der Waals surface area contributed by atoms with E-state index in [2.05, 4.69) is 0 Å². The zero-order valence-corrected chi connectivity index (χ0v) is 11.4. The van der Waals surface area contributed by atoms with E-state index in [0.29, 0.717) is 11.5 Å². The molecule has 0 heterocycles.